The summed E-state index contributed by atoms with van der Waals surface area (Å²) in [7, 11) is 0. The summed E-state index contributed by atoms with van der Waals surface area (Å²) in [4.78, 5) is 13.2. The van der Waals surface area contributed by atoms with Gasteiger partial charge in [-0.05, 0) is 25.0 Å². The zero-order valence-corrected chi connectivity index (χ0v) is 12.3. The molecule has 0 spiro atoms. The second kappa shape index (κ2) is 5.50. The smallest absolute Gasteiger partial charge is 0.279 e. The van der Waals surface area contributed by atoms with Crippen LogP contribution in [-0.2, 0) is 0 Å². The van der Waals surface area contributed by atoms with Gasteiger partial charge in [0.1, 0.15) is 5.69 Å². The molecule has 2 heterocycles. The lowest BCUT2D eigenvalue weighted by atomic mass is 10.1. The topological polar surface area (TPSA) is 46.3 Å². The number of halogens is 1. The van der Waals surface area contributed by atoms with Crippen molar-refractivity contribution in [3.05, 3.63) is 41.0 Å². The number of amides is 1. The normalized spacial score (nSPS) is 18.5. The van der Waals surface area contributed by atoms with Crippen LogP contribution in [0.2, 0.25) is 5.02 Å². The summed E-state index contributed by atoms with van der Waals surface area (Å²) in [6.07, 6.45) is 1.84. The van der Waals surface area contributed by atoms with Crippen molar-refractivity contribution in [2.75, 3.05) is 6.54 Å². The van der Waals surface area contributed by atoms with Crippen LogP contribution in [-0.4, -0.2) is 21.8 Å². The van der Waals surface area contributed by atoms with Crippen molar-refractivity contribution in [1.82, 2.24) is 10.1 Å². The van der Waals surface area contributed by atoms with Gasteiger partial charge in [-0.3, -0.25) is 4.79 Å². The molecule has 0 N–H and O–H groups in total. The van der Waals surface area contributed by atoms with Crippen LogP contribution in [0.25, 0.3) is 11.3 Å². The Morgan fingerprint density at radius 3 is 3.05 bits per heavy atom. The van der Waals surface area contributed by atoms with Crippen LogP contribution in [0.4, 0.5) is 4.79 Å². The number of nitrogens with zero attached hydrogens (tertiary/aromatic N) is 2. The van der Waals surface area contributed by atoms with E-state index >= 15 is 0 Å². The molecule has 0 bridgehead atoms. The first-order chi connectivity index (χ1) is 9.65. The molecule has 1 saturated heterocycles. The quantitative estimate of drug-likeness (QED) is 0.846. The summed E-state index contributed by atoms with van der Waals surface area (Å²) < 4.78 is 5.37. The number of hydrogen-bond donors (Lipinski definition) is 1. The summed E-state index contributed by atoms with van der Waals surface area (Å²) >= 11 is 9.87. The number of hydrogen-bond acceptors (Lipinski definition) is 3. The average molecular weight is 309 g/mol. The first kappa shape index (κ1) is 13.5. The van der Waals surface area contributed by atoms with E-state index in [1.165, 1.54) is 0 Å². The molecule has 3 rings (SSSR count). The second-order valence-electron chi connectivity index (χ2n) is 4.76. The molecule has 0 radical (unpaired) electrons. The summed E-state index contributed by atoms with van der Waals surface area (Å²) in [5, 5.41) is 4.52. The summed E-state index contributed by atoms with van der Waals surface area (Å²) in [5.41, 5.74) is 1.64. The van der Waals surface area contributed by atoms with E-state index in [9.17, 15) is 4.79 Å². The number of rotatable bonds is 2. The molecule has 1 aromatic heterocycles. The lowest BCUT2D eigenvalue weighted by Crippen LogP contribution is -2.25. The molecule has 0 saturated carbocycles. The van der Waals surface area contributed by atoms with Crippen LogP contribution in [0.15, 0.2) is 34.9 Å². The van der Waals surface area contributed by atoms with Gasteiger partial charge in [0.15, 0.2) is 5.76 Å². The van der Waals surface area contributed by atoms with E-state index in [0.717, 1.165) is 24.1 Å². The molecule has 1 aliphatic rings. The van der Waals surface area contributed by atoms with Crippen molar-refractivity contribution >= 4 is 29.5 Å². The number of benzene rings is 1. The van der Waals surface area contributed by atoms with E-state index < -0.39 is 0 Å². The van der Waals surface area contributed by atoms with Crippen molar-refractivity contribution in [1.29, 1.82) is 0 Å². The first-order valence-electron chi connectivity index (χ1n) is 6.37. The van der Waals surface area contributed by atoms with Gasteiger partial charge in [-0.1, -0.05) is 41.5 Å². The van der Waals surface area contributed by atoms with Crippen LogP contribution in [0.5, 0.6) is 0 Å². The van der Waals surface area contributed by atoms with E-state index in [1.54, 1.807) is 11.0 Å². The third-order valence-electron chi connectivity index (χ3n) is 3.48. The zero-order valence-electron chi connectivity index (χ0n) is 10.6. The first-order valence-corrected chi connectivity index (χ1v) is 7.20. The fourth-order valence-corrected chi connectivity index (χ4v) is 2.96. The Kier molecular flexibility index (Phi) is 3.72. The number of likely N-dealkylation sites (tertiary alicyclic amines) is 1. The minimum absolute atomic E-state index is 0.0447. The maximum Gasteiger partial charge on any atom is 0.279 e. The number of thiol groups is 1. The Labute approximate surface area is 127 Å². The molecule has 1 aliphatic heterocycles. The van der Waals surface area contributed by atoms with Gasteiger partial charge >= 0.3 is 0 Å². The van der Waals surface area contributed by atoms with Gasteiger partial charge in [0.2, 0.25) is 0 Å². The fraction of sp³-hybridized carbons (Fsp3) is 0.286. The van der Waals surface area contributed by atoms with Gasteiger partial charge in [0, 0.05) is 23.2 Å². The van der Waals surface area contributed by atoms with E-state index in [-0.39, 0.29) is 11.3 Å². The lowest BCUT2D eigenvalue weighted by molar-refractivity contribution is 0.216. The molecule has 4 nitrogen and oxygen atoms in total. The van der Waals surface area contributed by atoms with Crippen LogP contribution in [0, 0.1) is 0 Å². The molecular weight excluding hydrogens is 296 g/mol. The standard InChI is InChI=1S/C14H13ClN2O2S/c15-10-4-1-3-9(7-10)13-8-11(16-19-13)12-5-2-6-17(12)14(18)20/h1,3-4,7-8,12H,2,5-6H2,(H,18,20). The van der Waals surface area contributed by atoms with Gasteiger partial charge in [0.25, 0.3) is 5.24 Å². The maximum atomic E-state index is 11.5. The molecule has 2 aromatic rings. The molecule has 1 aromatic carbocycles. The highest BCUT2D eigenvalue weighted by molar-refractivity contribution is 7.96. The lowest BCUT2D eigenvalue weighted by Gasteiger charge is -2.19. The van der Waals surface area contributed by atoms with Gasteiger partial charge in [-0.15, -0.1) is 0 Å². The predicted octanol–water partition coefficient (Wildman–Crippen LogP) is 4.18. The van der Waals surface area contributed by atoms with Crippen molar-refractivity contribution in [3.8, 4) is 11.3 Å². The molecule has 0 aliphatic carbocycles. The van der Waals surface area contributed by atoms with E-state index in [1.807, 2.05) is 24.3 Å². The molecule has 1 unspecified atom stereocenters. The highest BCUT2D eigenvalue weighted by atomic mass is 35.5. The maximum absolute atomic E-state index is 11.5. The predicted molar refractivity (Wildman–Crippen MR) is 80.0 cm³/mol. The minimum Gasteiger partial charge on any atom is -0.356 e. The Morgan fingerprint density at radius 2 is 2.30 bits per heavy atom. The minimum atomic E-state index is -0.222. The summed E-state index contributed by atoms with van der Waals surface area (Å²) in [6.45, 7) is 0.715. The van der Waals surface area contributed by atoms with Gasteiger partial charge in [-0.25, -0.2) is 0 Å². The van der Waals surface area contributed by atoms with Crippen LogP contribution in [0.3, 0.4) is 0 Å². The molecule has 20 heavy (non-hydrogen) atoms. The van der Waals surface area contributed by atoms with E-state index in [2.05, 4.69) is 17.8 Å². The fourth-order valence-electron chi connectivity index (χ4n) is 2.53. The van der Waals surface area contributed by atoms with Crippen molar-refractivity contribution in [2.24, 2.45) is 0 Å². The Morgan fingerprint density at radius 1 is 1.45 bits per heavy atom. The number of carbonyl (C=O) groups excluding carboxylic acids is 1. The molecule has 1 amide bonds. The van der Waals surface area contributed by atoms with E-state index in [0.29, 0.717) is 17.3 Å². The van der Waals surface area contributed by atoms with Gasteiger partial charge < -0.3 is 9.42 Å². The SMILES string of the molecule is O=C(S)N1CCCC1c1cc(-c2cccc(Cl)c2)on1. The van der Waals surface area contributed by atoms with Crippen molar-refractivity contribution in [3.63, 3.8) is 0 Å². The number of carbonyl (C=O) groups is 1. The summed E-state index contributed by atoms with van der Waals surface area (Å²) in [6, 6.07) is 9.22. The third-order valence-corrected chi connectivity index (χ3v) is 3.97. The molecule has 1 fully saturated rings. The third kappa shape index (κ3) is 2.55. The summed E-state index contributed by atoms with van der Waals surface area (Å²) in [5.74, 6) is 0.654. The Hall–Kier alpha value is -1.46. The van der Waals surface area contributed by atoms with Crippen molar-refractivity contribution in [2.45, 2.75) is 18.9 Å². The van der Waals surface area contributed by atoms with Crippen LogP contribution < -0.4 is 0 Å². The monoisotopic (exact) mass is 308 g/mol. The molecule has 104 valence electrons. The van der Waals surface area contributed by atoms with Crippen LogP contribution in [0.1, 0.15) is 24.6 Å². The Bertz CT molecular complexity index is 644. The average Bonchev–Trinajstić information content (AvgIpc) is 3.07. The van der Waals surface area contributed by atoms with Crippen LogP contribution >= 0.6 is 24.2 Å². The largest absolute Gasteiger partial charge is 0.356 e. The number of aromatic nitrogens is 1. The van der Waals surface area contributed by atoms with Gasteiger partial charge in [0.05, 0.1) is 6.04 Å². The second-order valence-corrected chi connectivity index (χ2v) is 5.58. The zero-order chi connectivity index (χ0) is 14.1. The highest BCUT2D eigenvalue weighted by Crippen LogP contribution is 2.34. The van der Waals surface area contributed by atoms with Gasteiger partial charge in [-0.2, -0.15) is 0 Å². The molecule has 1 atom stereocenters. The Balaban J connectivity index is 1.89. The highest BCUT2D eigenvalue weighted by Gasteiger charge is 2.30. The van der Waals surface area contributed by atoms with Crippen molar-refractivity contribution < 1.29 is 9.32 Å². The molecule has 6 heteroatoms. The molecular formula is C14H13ClN2O2S. The van der Waals surface area contributed by atoms with E-state index in [4.69, 9.17) is 16.1 Å².